The van der Waals surface area contributed by atoms with Gasteiger partial charge < -0.3 is 4.90 Å². The van der Waals surface area contributed by atoms with Crippen molar-refractivity contribution >= 4 is 29.3 Å². The van der Waals surface area contributed by atoms with Crippen molar-refractivity contribution in [3.63, 3.8) is 0 Å². The lowest BCUT2D eigenvalue weighted by molar-refractivity contribution is -0.136. The van der Waals surface area contributed by atoms with Crippen LogP contribution in [0.1, 0.15) is 52.8 Å². The van der Waals surface area contributed by atoms with E-state index < -0.39 is 23.8 Å². The second-order valence-corrected chi connectivity index (χ2v) is 10.4. The van der Waals surface area contributed by atoms with Crippen LogP contribution >= 0.6 is 0 Å². The quantitative estimate of drug-likeness (QED) is 0.640. The van der Waals surface area contributed by atoms with Gasteiger partial charge in [-0.15, -0.1) is 0 Å². The Balaban J connectivity index is 1.04. The summed E-state index contributed by atoms with van der Waals surface area (Å²) < 4.78 is 0. The molecule has 5 heterocycles. The Labute approximate surface area is 199 Å². The van der Waals surface area contributed by atoms with E-state index in [1.807, 2.05) is 6.07 Å². The minimum atomic E-state index is -0.924. The zero-order valence-corrected chi connectivity index (χ0v) is 19.4. The molecule has 0 bridgehead atoms. The Hall–Kier alpha value is -2.78. The van der Waals surface area contributed by atoms with Crippen molar-refractivity contribution in [1.82, 2.24) is 20.0 Å². The summed E-state index contributed by atoms with van der Waals surface area (Å²) >= 11 is 0. The number of rotatable bonds is 5. The highest BCUT2D eigenvalue weighted by molar-refractivity contribution is 6.23. The predicted octanol–water partition coefficient (Wildman–Crippen LogP) is 0.694. The van der Waals surface area contributed by atoms with E-state index in [0.717, 1.165) is 36.3 Å². The van der Waals surface area contributed by atoms with Gasteiger partial charge in [0.15, 0.2) is 0 Å². The minimum absolute atomic E-state index is 0.125. The van der Waals surface area contributed by atoms with Gasteiger partial charge in [-0.1, -0.05) is 6.42 Å². The lowest BCUT2D eigenvalue weighted by Gasteiger charge is -2.50. The Kier molecular flexibility index (Phi) is 5.41. The van der Waals surface area contributed by atoms with Gasteiger partial charge in [0.25, 0.3) is 11.8 Å². The number of fused-ring (bicyclic) bond motifs is 1. The average molecular weight is 466 g/mol. The fourth-order valence-corrected chi connectivity index (χ4v) is 6.12. The third-order valence-electron chi connectivity index (χ3n) is 8.11. The summed E-state index contributed by atoms with van der Waals surface area (Å²) in [6.45, 7) is 7.90. The van der Waals surface area contributed by atoms with E-state index in [-0.39, 0.29) is 18.7 Å². The van der Waals surface area contributed by atoms with Crippen molar-refractivity contribution in [3.05, 3.63) is 29.3 Å². The van der Waals surface area contributed by atoms with Crippen LogP contribution in [0, 0.1) is 5.92 Å². The van der Waals surface area contributed by atoms with Crippen LogP contribution < -0.4 is 10.2 Å². The molecule has 0 radical (unpaired) electrons. The number of nitrogens with one attached hydrogen (secondary N) is 1. The van der Waals surface area contributed by atoms with Gasteiger partial charge in [0.1, 0.15) is 6.04 Å². The number of imide groups is 2. The zero-order chi connectivity index (χ0) is 23.4. The first-order valence-corrected chi connectivity index (χ1v) is 12.5. The molecule has 1 atom stereocenters. The van der Waals surface area contributed by atoms with Gasteiger partial charge in [0.05, 0.1) is 11.1 Å². The predicted molar refractivity (Wildman–Crippen MR) is 124 cm³/mol. The number of hydrogen-bond acceptors (Lipinski definition) is 7. The lowest BCUT2D eigenvalue weighted by atomic mass is 9.94. The molecule has 0 spiro atoms. The highest BCUT2D eigenvalue weighted by atomic mass is 16.2. The summed E-state index contributed by atoms with van der Waals surface area (Å²) in [6.07, 6.45) is 4.36. The number of piperidine rings is 2. The van der Waals surface area contributed by atoms with Gasteiger partial charge >= 0.3 is 0 Å². The first-order chi connectivity index (χ1) is 16.5. The first kappa shape index (κ1) is 21.7. The smallest absolute Gasteiger partial charge is 0.262 e. The highest BCUT2D eigenvalue weighted by Gasteiger charge is 2.45. The first-order valence-electron chi connectivity index (χ1n) is 12.5. The van der Waals surface area contributed by atoms with Crippen LogP contribution in [0.5, 0.6) is 0 Å². The number of anilines is 1. The van der Waals surface area contributed by atoms with Crippen LogP contribution in [0.4, 0.5) is 5.69 Å². The molecule has 0 aliphatic carbocycles. The van der Waals surface area contributed by atoms with E-state index in [1.54, 1.807) is 12.1 Å². The number of amides is 4. The van der Waals surface area contributed by atoms with E-state index in [2.05, 4.69) is 20.0 Å². The monoisotopic (exact) mass is 465 g/mol. The van der Waals surface area contributed by atoms with Crippen LogP contribution in [-0.4, -0.2) is 96.2 Å². The Bertz CT molecular complexity index is 1040. The van der Waals surface area contributed by atoms with Crippen LogP contribution in [0.15, 0.2) is 18.2 Å². The second kappa shape index (κ2) is 8.46. The summed E-state index contributed by atoms with van der Waals surface area (Å²) in [5, 5.41) is 2.23. The Morgan fingerprint density at radius 1 is 0.882 bits per heavy atom. The fraction of sp³-hybridized carbons (Fsp3) is 0.600. The van der Waals surface area contributed by atoms with Crippen LogP contribution in [0.2, 0.25) is 0 Å². The number of likely N-dealkylation sites (tertiary alicyclic amines) is 2. The van der Waals surface area contributed by atoms with Crippen LogP contribution in [0.3, 0.4) is 0 Å². The fourth-order valence-electron chi connectivity index (χ4n) is 6.12. The van der Waals surface area contributed by atoms with Crippen molar-refractivity contribution in [2.75, 3.05) is 50.7 Å². The van der Waals surface area contributed by atoms with Gasteiger partial charge in [-0.3, -0.25) is 39.2 Å². The summed E-state index contributed by atoms with van der Waals surface area (Å²) in [5.74, 6) is -1.23. The number of benzene rings is 1. The standard InChI is InChI=1S/C25H31N5O4/c31-22-7-6-21(23(32)26-22)30-24(33)19-5-4-17(10-20(19)25(30)34)29-12-16(13-29)11-27-14-18(15-27)28-8-2-1-3-9-28/h4-5,10,16,18,21H,1-3,6-9,11-15H2,(H,26,31,32). The maximum atomic E-state index is 13.0. The molecule has 34 heavy (non-hydrogen) atoms. The normalized spacial score (nSPS) is 27.0. The van der Waals surface area contributed by atoms with Gasteiger partial charge in [-0.2, -0.15) is 0 Å². The van der Waals surface area contributed by atoms with E-state index in [0.29, 0.717) is 17.0 Å². The minimum Gasteiger partial charge on any atom is -0.371 e. The molecular weight excluding hydrogens is 434 g/mol. The second-order valence-electron chi connectivity index (χ2n) is 10.4. The molecule has 6 rings (SSSR count). The maximum absolute atomic E-state index is 13.0. The molecule has 1 N–H and O–H groups in total. The van der Waals surface area contributed by atoms with Crippen LogP contribution in [0.25, 0.3) is 0 Å². The molecule has 4 saturated heterocycles. The molecule has 1 aromatic rings. The van der Waals surface area contributed by atoms with Crippen molar-refractivity contribution in [3.8, 4) is 0 Å². The van der Waals surface area contributed by atoms with E-state index >= 15 is 0 Å². The molecule has 1 aromatic carbocycles. The van der Waals surface area contributed by atoms with Crippen LogP contribution in [-0.2, 0) is 9.59 Å². The van der Waals surface area contributed by atoms with E-state index in [9.17, 15) is 19.2 Å². The third kappa shape index (κ3) is 3.71. The average Bonchev–Trinajstić information content (AvgIpc) is 3.02. The Morgan fingerprint density at radius 2 is 1.62 bits per heavy atom. The molecule has 5 aliphatic rings. The number of hydrogen-bond donors (Lipinski definition) is 1. The summed E-state index contributed by atoms with van der Waals surface area (Å²) in [6, 6.07) is 5.19. The number of nitrogens with zero attached hydrogens (tertiary/aromatic N) is 4. The molecule has 5 aliphatic heterocycles. The molecule has 4 amide bonds. The molecular formula is C25H31N5O4. The molecule has 180 valence electrons. The molecule has 9 nitrogen and oxygen atoms in total. The topological polar surface area (TPSA) is 93.3 Å². The molecule has 1 unspecified atom stereocenters. The largest absolute Gasteiger partial charge is 0.371 e. The summed E-state index contributed by atoms with van der Waals surface area (Å²) in [7, 11) is 0. The van der Waals surface area contributed by atoms with Crippen molar-refractivity contribution < 1.29 is 19.2 Å². The molecule has 0 aromatic heterocycles. The highest BCUT2D eigenvalue weighted by Crippen LogP contribution is 2.33. The van der Waals surface area contributed by atoms with Crippen molar-refractivity contribution in [2.45, 2.75) is 44.2 Å². The van der Waals surface area contributed by atoms with Crippen molar-refractivity contribution in [1.29, 1.82) is 0 Å². The molecule has 9 heteroatoms. The zero-order valence-electron chi connectivity index (χ0n) is 19.4. The Morgan fingerprint density at radius 3 is 2.35 bits per heavy atom. The van der Waals surface area contributed by atoms with Crippen molar-refractivity contribution in [2.24, 2.45) is 5.92 Å². The lowest BCUT2D eigenvalue weighted by Crippen LogP contribution is -2.63. The van der Waals surface area contributed by atoms with Gasteiger partial charge in [-0.05, 0) is 50.6 Å². The van der Waals surface area contributed by atoms with Gasteiger partial charge in [-0.25, -0.2) is 0 Å². The van der Waals surface area contributed by atoms with Gasteiger partial charge in [0.2, 0.25) is 11.8 Å². The number of carbonyl (C=O) groups is 4. The summed E-state index contributed by atoms with van der Waals surface area (Å²) in [5.41, 5.74) is 1.62. The summed E-state index contributed by atoms with van der Waals surface area (Å²) in [4.78, 5) is 58.1. The van der Waals surface area contributed by atoms with Gasteiger partial charge in [0, 0.05) is 56.8 Å². The van der Waals surface area contributed by atoms with E-state index in [1.165, 1.54) is 45.4 Å². The SMILES string of the molecule is O=C1CCC(N2C(=O)c3ccc(N4CC(CN5CC(N6CCCCC6)C5)C4)cc3C2=O)C(=O)N1. The maximum Gasteiger partial charge on any atom is 0.262 e. The molecule has 4 fully saturated rings. The van der Waals surface area contributed by atoms with E-state index in [4.69, 9.17) is 0 Å². The number of carbonyl (C=O) groups excluding carboxylic acids is 4. The third-order valence-corrected chi connectivity index (χ3v) is 8.11. The molecule has 0 saturated carbocycles.